The lowest BCUT2D eigenvalue weighted by molar-refractivity contribution is -0.148. The Morgan fingerprint density at radius 1 is 0.828 bits per heavy atom. The Labute approximate surface area is 381 Å². The summed E-state index contributed by atoms with van der Waals surface area (Å²) in [6.45, 7) is 14.0. The van der Waals surface area contributed by atoms with E-state index in [0.29, 0.717) is 31.4 Å². The molecule has 0 spiro atoms. The topological polar surface area (TPSA) is 210 Å². The van der Waals surface area contributed by atoms with Crippen LogP contribution in [0.5, 0.6) is 0 Å². The fraction of sp³-hybridized carbons (Fsp3) is 0.638. The van der Waals surface area contributed by atoms with E-state index in [4.69, 9.17) is 15.2 Å². The molecule has 0 saturated carbocycles. The number of nitrogens with two attached hydrogens (primary N) is 1. The van der Waals surface area contributed by atoms with Gasteiger partial charge in [-0.2, -0.15) is 0 Å². The summed E-state index contributed by atoms with van der Waals surface area (Å²) in [5, 5.41) is 5.80. The minimum Gasteiger partial charge on any atom is -0.379 e. The van der Waals surface area contributed by atoms with E-state index < -0.39 is 70.2 Å². The molecule has 5 N–H and O–H groups in total. The van der Waals surface area contributed by atoms with E-state index in [9.17, 15) is 32.4 Å². The third-order valence-electron chi connectivity index (χ3n) is 12.6. The molecule has 1 saturated heterocycles. The van der Waals surface area contributed by atoms with Gasteiger partial charge in [-0.3, -0.25) is 28.9 Å². The van der Waals surface area contributed by atoms with Gasteiger partial charge in [-0.05, 0) is 68.0 Å². The highest BCUT2D eigenvalue weighted by Gasteiger charge is 2.43. The second-order valence-electron chi connectivity index (χ2n) is 18.0. The highest BCUT2D eigenvalue weighted by atomic mass is 32.2. The minimum atomic E-state index is -4.30. The number of carbonyl (C=O) groups is 5. The highest BCUT2D eigenvalue weighted by molar-refractivity contribution is 7.90. The van der Waals surface area contributed by atoms with Crippen LogP contribution in [0.15, 0.2) is 59.5 Å². The zero-order chi connectivity index (χ0) is 48.1. The predicted octanol–water partition coefficient (Wildman–Crippen LogP) is 3.33. The Morgan fingerprint density at radius 2 is 1.45 bits per heavy atom. The minimum absolute atomic E-state index is 0.00396. The van der Waals surface area contributed by atoms with Gasteiger partial charge in [-0.1, -0.05) is 97.4 Å². The maximum Gasteiger partial charge on any atom is 0.264 e. The molecule has 3 rings (SSSR count). The molecule has 0 aromatic heterocycles. The second-order valence-corrected chi connectivity index (χ2v) is 19.7. The summed E-state index contributed by atoms with van der Waals surface area (Å²) >= 11 is 0. The first-order valence-electron chi connectivity index (χ1n) is 22.4. The van der Waals surface area contributed by atoms with E-state index in [0.717, 1.165) is 5.56 Å². The first-order valence-corrected chi connectivity index (χ1v) is 23.9. The molecular formula is C47H75N7O9S. The molecule has 0 radical (unpaired) electrons. The van der Waals surface area contributed by atoms with Crippen molar-refractivity contribution in [2.75, 3.05) is 41.9 Å². The number of hydrogen-bond acceptors (Lipinski definition) is 11. The predicted molar refractivity (Wildman–Crippen MR) is 247 cm³/mol. The number of hydrogen-bond donors (Lipinski definition) is 4. The largest absolute Gasteiger partial charge is 0.379 e. The molecule has 16 nitrogen and oxygen atoms in total. The van der Waals surface area contributed by atoms with Gasteiger partial charge in [0.05, 0.1) is 47.6 Å². The summed E-state index contributed by atoms with van der Waals surface area (Å²) in [5.74, 6) is -3.39. The fourth-order valence-electron chi connectivity index (χ4n) is 8.84. The van der Waals surface area contributed by atoms with Crippen LogP contribution in [-0.2, 0) is 56.4 Å². The highest BCUT2D eigenvalue weighted by Crippen LogP contribution is 2.30. The van der Waals surface area contributed by atoms with Gasteiger partial charge >= 0.3 is 0 Å². The summed E-state index contributed by atoms with van der Waals surface area (Å²) in [7, 11) is 4.06. The van der Waals surface area contributed by atoms with E-state index in [1.165, 1.54) is 26.4 Å². The van der Waals surface area contributed by atoms with Crippen LogP contribution in [0.2, 0.25) is 0 Å². The zero-order valence-electron chi connectivity index (χ0n) is 40.0. The molecule has 2 aromatic rings. The fourth-order valence-corrected chi connectivity index (χ4v) is 9.86. The van der Waals surface area contributed by atoms with Crippen molar-refractivity contribution in [1.82, 2.24) is 30.1 Å². The van der Waals surface area contributed by atoms with Gasteiger partial charge in [-0.15, -0.1) is 0 Å². The van der Waals surface area contributed by atoms with Crippen molar-refractivity contribution in [2.45, 2.75) is 134 Å². The number of likely N-dealkylation sites (N-methyl/N-ethyl adjacent to an activating group) is 2. The van der Waals surface area contributed by atoms with E-state index in [1.807, 2.05) is 66.6 Å². The van der Waals surface area contributed by atoms with E-state index >= 15 is 0 Å². The van der Waals surface area contributed by atoms with Gasteiger partial charge < -0.3 is 35.6 Å². The Kier molecular flexibility index (Phi) is 20.9. The van der Waals surface area contributed by atoms with Gasteiger partial charge in [0.15, 0.2) is 0 Å². The molecule has 64 heavy (non-hydrogen) atoms. The van der Waals surface area contributed by atoms with Gasteiger partial charge in [-0.25, -0.2) is 13.1 Å². The molecular weight excluding hydrogens is 839 g/mol. The Morgan fingerprint density at radius 3 is 1.97 bits per heavy atom. The van der Waals surface area contributed by atoms with Crippen molar-refractivity contribution in [2.24, 2.45) is 29.4 Å². The number of nitrogens with one attached hydrogen (secondary N) is 3. The molecule has 0 bridgehead atoms. The number of methoxy groups -OCH3 is 2. The molecule has 1 aliphatic heterocycles. The van der Waals surface area contributed by atoms with Crippen molar-refractivity contribution < 1.29 is 41.9 Å². The Hall–Kier alpha value is -4.42. The smallest absolute Gasteiger partial charge is 0.264 e. The molecule has 1 aliphatic rings. The van der Waals surface area contributed by atoms with Gasteiger partial charge in [0.25, 0.3) is 15.9 Å². The van der Waals surface area contributed by atoms with Crippen LogP contribution in [0.25, 0.3) is 0 Å². The average molecular weight is 914 g/mol. The molecule has 2 aromatic carbocycles. The maximum atomic E-state index is 14.4. The number of nitrogens with zero attached hydrogens (tertiary/aromatic N) is 3. The first-order chi connectivity index (χ1) is 30.1. The second kappa shape index (κ2) is 24.8. The molecule has 1 fully saturated rings. The normalized spacial score (nSPS) is 18.1. The lowest BCUT2D eigenvalue weighted by Crippen LogP contribution is -2.59. The lowest BCUT2D eigenvalue weighted by atomic mass is 9.89. The molecule has 5 amide bonds. The number of carbonyl (C=O) groups excluding carboxylic acids is 5. The summed E-state index contributed by atoms with van der Waals surface area (Å²) in [6, 6.07) is 11.2. The third-order valence-corrected chi connectivity index (χ3v) is 13.9. The van der Waals surface area contributed by atoms with E-state index in [-0.39, 0.29) is 59.8 Å². The van der Waals surface area contributed by atoms with E-state index in [2.05, 4.69) is 15.4 Å². The van der Waals surface area contributed by atoms with Gasteiger partial charge in [0.2, 0.25) is 23.6 Å². The van der Waals surface area contributed by atoms with Crippen molar-refractivity contribution in [3.63, 3.8) is 0 Å². The maximum absolute atomic E-state index is 14.4. The monoisotopic (exact) mass is 914 g/mol. The third kappa shape index (κ3) is 14.0. The van der Waals surface area contributed by atoms with Crippen LogP contribution in [0, 0.1) is 23.7 Å². The lowest BCUT2D eigenvalue weighted by Gasteiger charge is -2.41. The van der Waals surface area contributed by atoms with Crippen LogP contribution >= 0.6 is 0 Å². The summed E-state index contributed by atoms with van der Waals surface area (Å²) in [5.41, 5.74) is 7.08. The zero-order valence-corrected chi connectivity index (χ0v) is 40.8. The summed E-state index contributed by atoms with van der Waals surface area (Å²) in [4.78, 5) is 75.1. The molecule has 0 unspecified atom stereocenters. The van der Waals surface area contributed by atoms with Crippen molar-refractivity contribution in [3.8, 4) is 0 Å². The van der Waals surface area contributed by atoms with Crippen molar-refractivity contribution in [1.29, 1.82) is 0 Å². The van der Waals surface area contributed by atoms with Gasteiger partial charge in [0.1, 0.15) is 12.1 Å². The molecule has 17 heteroatoms. The van der Waals surface area contributed by atoms with Crippen LogP contribution in [-0.4, -0.2) is 137 Å². The van der Waals surface area contributed by atoms with Crippen molar-refractivity contribution in [3.05, 3.63) is 65.7 Å². The number of ether oxygens (including phenoxy) is 2. The number of amides is 5. The van der Waals surface area contributed by atoms with Crippen LogP contribution in [0.3, 0.4) is 0 Å². The Balaban J connectivity index is 1.83. The average Bonchev–Trinajstić information content (AvgIpc) is 3.74. The Bertz CT molecular complexity index is 1940. The molecule has 358 valence electrons. The van der Waals surface area contributed by atoms with Gasteiger partial charge in [0, 0.05) is 40.8 Å². The number of sulfonamides is 1. The van der Waals surface area contributed by atoms with Crippen LogP contribution < -0.4 is 21.1 Å². The number of benzene rings is 2. The SMILES string of the molecule is CC[C@H](C)[C@@H]([C@@H](CC(=O)N1CCC[C@H]1[C@H](OC)[C@@H](C)C(=O)N[C@@H](Cc1ccccc1)C(=O)NS(=O)(=O)c1ccc(CN)cc1)OC)N(C)C(=O)[C@@H](NC(=O)[C@H](C(C)C)N(C)C)C(C)C. The molecule has 0 aliphatic carbocycles. The number of rotatable bonds is 24. The summed E-state index contributed by atoms with van der Waals surface area (Å²) < 4.78 is 40.7. The quantitative estimate of drug-likeness (QED) is 0.120. The first kappa shape index (κ1) is 53.9. The molecule has 9 atom stereocenters. The summed E-state index contributed by atoms with van der Waals surface area (Å²) in [6.07, 6.45) is 0.325. The van der Waals surface area contributed by atoms with Crippen LogP contribution in [0.1, 0.15) is 85.3 Å². The molecule has 1 heterocycles. The number of likely N-dealkylation sites (tertiary alicyclic amines) is 1. The van der Waals surface area contributed by atoms with Crippen molar-refractivity contribution >= 4 is 39.6 Å². The van der Waals surface area contributed by atoms with Crippen LogP contribution in [0.4, 0.5) is 0 Å². The van der Waals surface area contributed by atoms with E-state index in [1.54, 1.807) is 60.2 Å². The standard InChI is InChI=1S/C47H75N7O9S/c1-13-31(6)42(53(10)47(59)40(29(2)3)50-46(58)41(30(4)5)52(8)9)38(62-11)27-39(55)54-25-17-20-37(54)43(63-12)32(7)44(56)49-36(26-33-18-15-14-16-19-33)45(57)51-64(60,61)35-23-21-34(28-48)22-24-35/h14-16,18-19,21-24,29-32,36-38,40-43H,13,17,20,25-28,48H2,1-12H3,(H,49,56)(H,50,58)(H,51,57)/t31-,32+,36-,37-,38+,40-,41-,42-,43+/m0/s1.